The molecule has 1 amide bonds. The Kier molecular flexibility index (Phi) is 5.12. The quantitative estimate of drug-likeness (QED) is 0.859. The van der Waals surface area contributed by atoms with Gasteiger partial charge in [-0.05, 0) is 53.5 Å². The molecule has 1 atom stereocenters. The first kappa shape index (κ1) is 15.4. The summed E-state index contributed by atoms with van der Waals surface area (Å²) in [6, 6.07) is 4.23. The van der Waals surface area contributed by atoms with Gasteiger partial charge in [-0.15, -0.1) is 0 Å². The zero-order valence-corrected chi connectivity index (χ0v) is 12.9. The molecule has 1 aliphatic rings. The number of rotatable bonds is 5. The second-order valence-corrected chi connectivity index (χ2v) is 5.91. The fourth-order valence-corrected chi connectivity index (χ4v) is 2.84. The van der Waals surface area contributed by atoms with Crippen molar-refractivity contribution in [3.8, 4) is 0 Å². The number of hydrogen-bond acceptors (Lipinski definition) is 3. The number of ether oxygens (including phenoxy) is 1. The highest BCUT2D eigenvalue weighted by molar-refractivity contribution is 9.10. The lowest BCUT2D eigenvalue weighted by atomic mass is 9.98. The van der Waals surface area contributed by atoms with E-state index in [-0.39, 0.29) is 21.7 Å². The molecule has 0 radical (unpaired) electrons. The third kappa shape index (κ3) is 3.56. The zero-order chi connectivity index (χ0) is 14.6. The number of amides is 1. The summed E-state index contributed by atoms with van der Waals surface area (Å²) in [5, 5.41) is 6.28. The van der Waals surface area contributed by atoms with Crippen molar-refractivity contribution in [2.24, 2.45) is 0 Å². The number of methoxy groups -OCH3 is 1. The zero-order valence-electron chi connectivity index (χ0n) is 11.3. The highest BCUT2D eigenvalue weighted by atomic mass is 79.9. The van der Waals surface area contributed by atoms with Gasteiger partial charge in [0, 0.05) is 19.2 Å². The summed E-state index contributed by atoms with van der Waals surface area (Å²) in [6.07, 6.45) is 2.04. The van der Waals surface area contributed by atoms with Gasteiger partial charge < -0.3 is 15.4 Å². The topological polar surface area (TPSA) is 50.4 Å². The molecule has 0 bridgehead atoms. The molecule has 1 aromatic rings. The van der Waals surface area contributed by atoms with Gasteiger partial charge >= 0.3 is 0 Å². The SMILES string of the molecule is COCC1(CNC(=O)c2ccc(F)c(Br)c2)CCCN1. The maximum Gasteiger partial charge on any atom is 0.251 e. The van der Waals surface area contributed by atoms with Crippen LogP contribution in [0, 0.1) is 5.82 Å². The van der Waals surface area contributed by atoms with Crippen LogP contribution in [0.2, 0.25) is 0 Å². The van der Waals surface area contributed by atoms with Gasteiger partial charge in [0.25, 0.3) is 5.91 Å². The Morgan fingerprint density at radius 3 is 3.00 bits per heavy atom. The van der Waals surface area contributed by atoms with Crippen molar-refractivity contribution >= 4 is 21.8 Å². The van der Waals surface area contributed by atoms with Crippen molar-refractivity contribution in [3.05, 3.63) is 34.1 Å². The van der Waals surface area contributed by atoms with Crippen LogP contribution in [0.25, 0.3) is 0 Å². The summed E-state index contributed by atoms with van der Waals surface area (Å²) < 4.78 is 18.7. The van der Waals surface area contributed by atoms with Crippen molar-refractivity contribution in [1.29, 1.82) is 0 Å². The van der Waals surface area contributed by atoms with Crippen LogP contribution in [-0.2, 0) is 4.74 Å². The molecule has 1 heterocycles. The summed E-state index contributed by atoms with van der Waals surface area (Å²) in [6.45, 7) is 1.98. The number of carbonyl (C=O) groups is 1. The Bertz CT molecular complexity index is 490. The smallest absolute Gasteiger partial charge is 0.251 e. The van der Waals surface area contributed by atoms with E-state index in [1.165, 1.54) is 18.2 Å². The molecule has 0 spiro atoms. The molecule has 2 rings (SSSR count). The molecule has 1 fully saturated rings. The van der Waals surface area contributed by atoms with Crippen LogP contribution >= 0.6 is 15.9 Å². The van der Waals surface area contributed by atoms with Gasteiger partial charge in [0.2, 0.25) is 0 Å². The molecular formula is C14H18BrFN2O2. The van der Waals surface area contributed by atoms with E-state index in [0.29, 0.717) is 18.7 Å². The van der Waals surface area contributed by atoms with E-state index in [1.807, 2.05) is 0 Å². The standard InChI is InChI=1S/C14H18BrFN2O2/c1-20-9-14(5-2-6-18-14)8-17-13(19)10-3-4-12(16)11(15)7-10/h3-4,7,18H,2,5-6,8-9H2,1H3,(H,17,19). The first-order chi connectivity index (χ1) is 9.56. The fraction of sp³-hybridized carbons (Fsp3) is 0.500. The van der Waals surface area contributed by atoms with E-state index in [2.05, 4.69) is 26.6 Å². The van der Waals surface area contributed by atoms with Gasteiger partial charge in [0.05, 0.1) is 16.6 Å². The average molecular weight is 345 g/mol. The average Bonchev–Trinajstić information content (AvgIpc) is 2.89. The van der Waals surface area contributed by atoms with Gasteiger partial charge in [-0.3, -0.25) is 4.79 Å². The maximum atomic E-state index is 13.1. The lowest BCUT2D eigenvalue weighted by Gasteiger charge is -2.29. The predicted molar refractivity (Wildman–Crippen MR) is 78.3 cm³/mol. The molecule has 0 saturated carbocycles. The van der Waals surface area contributed by atoms with Gasteiger partial charge in [0.15, 0.2) is 0 Å². The Balaban J connectivity index is 1.98. The number of halogens is 2. The van der Waals surface area contributed by atoms with E-state index >= 15 is 0 Å². The molecule has 6 heteroatoms. The van der Waals surface area contributed by atoms with Crippen LogP contribution in [-0.4, -0.2) is 38.3 Å². The van der Waals surface area contributed by atoms with Crippen molar-refractivity contribution in [3.63, 3.8) is 0 Å². The summed E-state index contributed by atoms with van der Waals surface area (Å²) in [5.74, 6) is -0.593. The molecule has 1 saturated heterocycles. The Morgan fingerprint density at radius 1 is 1.60 bits per heavy atom. The number of nitrogens with one attached hydrogen (secondary N) is 2. The largest absolute Gasteiger partial charge is 0.383 e. The van der Waals surface area contributed by atoms with Crippen molar-refractivity contribution in [2.45, 2.75) is 18.4 Å². The molecule has 1 aromatic carbocycles. The van der Waals surface area contributed by atoms with Crippen molar-refractivity contribution in [2.75, 3.05) is 26.8 Å². The number of carbonyl (C=O) groups excluding carboxylic acids is 1. The van der Waals surface area contributed by atoms with Crippen LogP contribution in [0.4, 0.5) is 4.39 Å². The fourth-order valence-electron chi connectivity index (χ4n) is 2.46. The van der Waals surface area contributed by atoms with Crippen LogP contribution < -0.4 is 10.6 Å². The second kappa shape index (κ2) is 6.65. The Hall–Kier alpha value is -0.980. The third-order valence-electron chi connectivity index (χ3n) is 3.52. The van der Waals surface area contributed by atoms with Crippen LogP contribution in [0.3, 0.4) is 0 Å². The molecule has 20 heavy (non-hydrogen) atoms. The van der Waals surface area contributed by atoms with Crippen molar-refractivity contribution < 1.29 is 13.9 Å². The van der Waals surface area contributed by atoms with Gasteiger partial charge in [0.1, 0.15) is 5.82 Å². The normalized spacial score (nSPS) is 21.9. The molecule has 4 nitrogen and oxygen atoms in total. The minimum absolute atomic E-state index is 0.193. The highest BCUT2D eigenvalue weighted by Crippen LogP contribution is 2.20. The molecule has 1 aliphatic heterocycles. The van der Waals surface area contributed by atoms with E-state index < -0.39 is 0 Å². The van der Waals surface area contributed by atoms with Crippen molar-refractivity contribution in [1.82, 2.24) is 10.6 Å². The monoisotopic (exact) mass is 344 g/mol. The lowest BCUT2D eigenvalue weighted by molar-refractivity contribution is 0.0892. The maximum absolute atomic E-state index is 13.1. The van der Waals surface area contributed by atoms with E-state index in [9.17, 15) is 9.18 Å². The first-order valence-electron chi connectivity index (χ1n) is 6.53. The highest BCUT2D eigenvalue weighted by Gasteiger charge is 2.33. The number of hydrogen-bond donors (Lipinski definition) is 2. The van der Waals surface area contributed by atoms with E-state index in [0.717, 1.165) is 19.4 Å². The Labute approximate surface area is 126 Å². The summed E-state index contributed by atoms with van der Waals surface area (Å²) in [4.78, 5) is 12.1. The van der Waals surface area contributed by atoms with Gasteiger partial charge in [-0.1, -0.05) is 0 Å². The summed E-state index contributed by atoms with van der Waals surface area (Å²) in [5.41, 5.74) is 0.241. The van der Waals surface area contributed by atoms with Gasteiger partial charge in [-0.25, -0.2) is 4.39 Å². The van der Waals surface area contributed by atoms with E-state index in [1.54, 1.807) is 7.11 Å². The van der Waals surface area contributed by atoms with Crippen LogP contribution in [0.1, 0.15) is 23.2 Å². The summed E-state index contributed by atoms with van der Waals surface area (Å²) >= 11 is 3.08. The minimum Gasteiger partial charge on any atom is -0.383 e. The van der Waals surface area contributed by atoms with Crippen LogP contribution in [0.15, 0.2) is 22.7 Å². The van der Waals surface area contributed by atoms with E-state index in [4.69, 9.17) is 4.74 Å². The second-order valence-electron chi connectivity index (χ2n) is 5.06. The molecule has 0 aliphatic carbocycles. The first-order valence-corrected chi connectivity index (χ1v) is 7.33. The lowest BCUT2D eigenvalue weighted by Crippen LogP contribution is -2.53. The molecule has 2 N–H and O–H groups in total. The number of benzene rings is 1. The Morgan fingerprint density at radius 2 is 2.40 bits per heavy atom. The van der Waals surface area contributed by atoms with Crippen LogP contribution in [0.5, 0.6) is 0 Å². The molecule has 1 unspecified atom stereocenters. The molecule has 110 valence electrons. The molecule has 0 aromatic heterocycles. The minimum atomic E-state index is -0.380. The van der Waals surface area contributed by atoms with Gasteiger partial charge in [-0.2, -0.15) is 0 Å². The predicted octanol–water partition coefficient (Wildman–Crippen LogP) is 2.09. The summed E-state index contributed by atoms with van der Waals surface area (Å²) in [7, 11) is 1.65. The molecular weight excluding hydrogens is 327 g/mol. The third-order valence-corrected chi connectivity index (χ3v) is 4.13.